The predicted octanol–water partition coefficient (Wildman–Crippen LogP) is 3.41. The van der Waals surface area contributed by atoms with Gasteiger partial charge >= 0.3 is 0 Å². The summed E-state index contributed by atoms with van der Waals surface area (Å²) in [6, 6.07) is 6.99. The molecule has 11 heteroatoms. The van der Waals surface area contributed by atoms with Crippen LogP contribution in [0.25, 0.3) is 0 Å². The zero-order valence-electron chi connectivity index (χ0n) is 18.7. The zero-order valence-corrected chi connectivity index (χ0v) is 18.7. The highest BCUT2D eigenvalue weighted by molar-refractivity contribution is 5.68. The molecule has 3 aromatic rings. The average molecular weight is 443 g/mol. The van der Waals surface area contributed by atoms with Crippen LogP contribution >= 0.6 is 0 Å². The van der Waals surface area contributed by atoms with Gasteiger partial charge < -0.3 is 39.1 Å². The van der Waals surface area contributed by atoms with Crippen molar-refractivity contribution in [1.29, 1.82) is 0 Å². The van der Waals surface area contributed by atoms with Gasteiger partial charge in [0, 0.05) is 35.6 Å². The molecule has 0 bridgehead atoms. The van der Waals surface area contributed by atoms with Gasteiger partial charge in [-0.3, -0.25) is 0 Å². The van der Waals surface area contributed by atoms with Crippen LogP contribution in [-0.2, 0) is 0 Å². The van der Waals surface area contributed by atoms with E-state index in [0.717, 1.165) is 0 Å². The van der Waals surface area contributed by atoms with Crippen molar-refractivity contribution in [1.82, 2.24) is 15.0 Å². The number of rotatable bonds is 10. The quantitative estimate of drug-likeness (QED) is 0.480. The second-order valence-corrected chi connectivity index (χ2v) is 6.21. The van der Waals surface area contributed by atoms with Crippen LogP contribution in [-0.4, -0.2) is 57.6 Å². The lowest BCUT2D eigenvalue weighted by atomic mass is 10.2. The molecule has 1 heterocycles. The van der Waals surface area contributed by atoms with Gasteiger partial charge in [0.25, 0.3) is 0 Å². The number of hydrogen-bond donors (Lipinski definition) is 2. The van der Waals surface area contributed by atoms with Gasteiger partial charge in [-0.15, -0.1) is 0 Å². The Morgan fingerprint density at radius 2 is 0.875 bits per heavy atom. The first kappa shape index (κ1) is 22.5. The molecule has 0 aliphatic heterocycles. The summed E-state index contributed by atoms with van der Waals surface area (Å²) in [5, 5.41) is 6.21. The van der Waals surface area contributed by atoms with Crippen molar-refractivity contribution in [3.8, 4) is 34.5 Å². The number of methoxy groups -OCH3 is 6. The monoisotopic (exact) mass is 443 g/mol. The van der Waals surface area contributed by atoms with Crippen LogP contribution < -0.4 is 39.1 Å². The van der Waals surface area contributed by atoms with Crippen molar-refractivity contribution in [3.63, 3.8) is 0 Å². The van der Waals surface area contributed by atoms with Crippen molar-refractivity contribution in [2.75, 3.05) is 53.3 Å². The highest BCUT2D eigenvalue weighted by atomic mass is 16.5. The maximum Gasteiger partial charge on any atom is 0.232 e. The van der Waals surface area contributed by atoms with E-state index < -0.39 is 0 Å². The minimum atomic E-state index is 0.309. The van der Waals surface area contributed by atoms with Gasteiger partial charge in [-0.1, -0.05) is 0 Å². The second kappa shape index (κ2) is 10.2. The lowest BCUT2D eigenvalue weighted by molar-refractivity contribution is 0.324. The Balaban J connectivity index is 1.87. The summed E-state index contributed by atoms with van der Waals surface area (Å²) in [5.74, 6) is 3.59. The van der Waals surface area contributed by atoms with Crippen LogP contribution in [0.3, 0.4) is 0 Å². The molecule has 3 rings (SSSR count). The predicted molar refractivity (Wildman–Crippen MR) is 119 cm³/mol. The van der Waals surface area contributed by atoms with Gasteiger partial charge in [0.1, 0.15) is 6.33 Å². The first-order valence-electron chi connectivity index (χ1n) is 9.39. The molecule has 0 amide bonds. The number of aromatic nitrogens is 3. The number of nitrogens with one attached hydrogen (secondary N) is 2. The lowest BCUT2D eigenvalue weighted by Gasteiger charge is -2.15. The molecule has 32 heavy (non-hydrogen) atoms. The topological polar surface area (TPSA) is 118 Å². The summed E-state index contributed by atoms with van der Waals surface area (Å²) >= 11 is 0. The van der Waals surface area contributed by atoms with Gasteiger partial charge in [0.2, 0.25) is 23.4 Å². The smallest absolute Gasteiger partial charge is 0.232 e. The van der Waals surface area contributed by atoms with Crippen molar-refractivity contribution < 1.29 is 28.4 Å². The Morgan fingerprint density at radius 3 is 1.16 bits per heavy atom. The molecule has 0 radical (unpaired) electrons. The molecule has 2 aromatic carbocycles. The van der Waals surface area contributed by atoms with E-state index in [-0.39, 0.29) is 0 Å². The van der Waals surface area contributed by atoms with Crippen LogP contribution in [0.2, 0.25) is 0 Å². The molecule has 11 nitrogen and oxygen atoms in total. The Morgan fingerprint density at radius 1 is 0.531 bits per heavy atom. The minimum absolute atomic E-state index is 0.309. The molecule has 0 aliphatic carbocycles. The Hall–Kier alpha value is -4.15. The summed E-state index contributed by atoms with van der Waals surface area (Å²) in [4.78, 5) is 12.7. The van der Waals surface area contributed by atoms with Crippen molar-refractivity contribution >= 4 is 23.3 Å². The third-order valence-corrected chi connectivity index (χ3v) is 4.41. The molecule has 0 aliphatic rings. The van der Waals surface area contributed by atoms with E-state index in [4.69, 9.17) is 28.4 Å². The molecular formula is C21H25N5O6. The molecule has 0 spiro atoms. The van der Waals surface area contributed by atoms with E-state index in [1.165, 1.54) is 6.33 Å². The van der Waals surface area contributed by atoms with Crippen molar-refractivity contribution in [2.45, 2.75) is 0 Å². The van der Waals surface area contributed by atoms with Gasteiger partial charge in [0.05, 0.1) is 42.7 Å². The maximum atomic E-state index is 5.38. The minimum Gasteiger partial charge on any atom is -0.493 e. The van der Waals surface area contributed by atoms with Gasteiger partial charge in [-0.25, -0.2) is 9.97 Å². The van der Waals surface area contributed by atoms with Gasteiger partial charge in [0.15, 0.2) is 23.0 Å². The van der Waals surface area contributed by atoms with Crippen molar-refractivity contribution in [2.24, 2.45) is 0 Å². The molecule has 0 saturated carbocycles. The van der Waals surface area contributed by atoms with E-state index in [1.807, 2.05) is 0 Å². The third kappa shape index (κ3) is 4.77. The molecule has 0 saturated heterocycles. The van der Waals surface area contributed by atoms with Crippen molar-refractivity contribution in [3.05, 3.63) is 30.6 Å². The maximum absolute atomic E-state index is 5.38. The second-order valence-electron chi connectivity index (χ2n) is 6.21. The van der Waals surface area contributed by atoms with Crippen LogP contribution in [0.4, 0.5) is 23.3 Å². The normalized spacial score (nSPS) is 10.2. The molecule has 2 N–H and O–H groups in total. The SMILES string of the molecule is COc1cc(Nc2ncnc(Nc3cc(OC)c(OC)c(OC)c3)n2)cc(OC)c1OC. The van der Waals surface area contributed by atoms with Crippen LogP contribution in [0.5, 0.6) is 34.5 Å². The molecule has 0 unspecified atom stereocenters. The molecule has 1 aromatic heterocycles. The van der Waals surface area contributed by atoms with Crippen LogP contribution in [0.15, 0.2) is 30.6 Å². The Kier molecular flexibility index (Phi) is 7.21. The fraction of sp³-hybridized carbons (Fsp3) is 0.286. The Labute approximate surface area is 185 Å². The summed E-state index contributed by atoms with van der Waals surface area (Å²) in [6.45, 7) is 0. The highest BCUT2D eigenvalue weighted by Gasteiger charge is 2.15. The number of ether oxygens (including phenoxy) is 6. The summed E-state index contributed by atoms with van der Waals surface area (Å²) < 4.78 is 32.2. The number of benzene rings is 2. The fourth-order valence-electron chi connectivity index (χ4n) is 2.98. The first-order chi connectivity index (χ1) is 15.6. The average Bonchev–Trinajstić information content (AvgIpc) is 2.82. The van der Waals surface area contributed by atoms with E-state index in [0.29, 0.717) is 57.8 Å². The standard InChI is InChI=1S/C21H25N5O6/c1-27-14-7-12(8-15(28-2)18(14)31-5)24-20-22-11-23-21(26-20)25-13-9-16(29-3)19(32-6)17(10-13)30-4/h7-11H,1-6H3,(H2,22,23,24,25,26). The van der Waals surface area contributed by atoms with Crippen LogP contribution in [0.1, 0.15) is 0 Å². The van der Waals surface area contributed by atoms with E-state index in [9.17, 15) is 0 Å². The summed E-state index contributed by atoms with van der Waals surface area (Å²) in [5.41, 5.74) is 1.29. The first-order valence-corrected chi connectivity index (χ1v) is 9.39. The fourth-order valence-corrected chi connectivity index (χ4v) is 2.98. The molecule has 170 valence electrons. The number of nitrogens with zero attached hydrogens (tertiary/aromatic N) is 3. The van der Waals surface area contributed by atoms with E-state index in [1.54, 1.807) is 66.9 Å². The van der Waals surface area contributed by atoms with E-state index in [2.05, 4.69) is 25.6 Å². The lowest BCUT2D eigenvalue weighted by Crippen LogP contribution is -2.04. The summed E-state index contributed by atoms with van der Waals surface area (Å²) in [6.07, 6.45) is 1.38. The summed E-state index contributed by atoms with van der Waals surface area (Å²) in [7, 11) is 9.26. The highest BCUT2D eigenvalue weighted by Crippen LogP contribution is 2.41. The van der Waals surface area contributed by atoms with Crippen LogP contribution in [0, 0.1) is 0 Å². The Bertz CT molecular complexity index is 948. The third-order valence-electron chi connectivity index (χ3n) is 4.41. The number of hydrogen-bond acceptors (Lipinski definition) is 11. The van der Waals surface area contributed by atoms with Gasteiger partial charge in [-0.05, 0) is 0 Å². The largest absolute Gasteiger partial charge is 0.493 e. The number of anilines is 4. The molecule has 0 fully saturated rings. The van der Waals surface area contributed by atoms with Gasteiger partial charge in [-0.2, -0.15) is 4.98 Å². The zero-order chi connectivity index (χ0) is 23.1. The molecular weight excluding hydrogens is 418 g/mol. The van der Waals surface area contributed by atoms with E-state index >= 15 is 0 Å². The molecule has 0 atom stereocenters.